The minimum absolute atomic E-state index is 0.197. The maximum atomic E-state index is 13.0. The summed E-state index contributed by atoms with van der Waals surface area (Å²) in [4.78, 5) is 24.2. The van der Waals surface area contributed by atoms with E-state index in [2.05, 4.69) is 38.5 Å². The number of hydrogen-bond acceptors (Lipinski definition) is 8. The molecule has 0 spiro atoms. The van der Waals surface area contributed by atoms with Gasteiger partial charge in [0.1, 0.15) is 24.5 Å². The van der Waals surface area contributed by atoms with Crippen molar-refractivity contribution in [1.29, 1.82) is 5.26 Å². The molecule has 0 saturated carbocycles. The molecule has 2 aromatic heterocycles. The summed E-state index contributed by atoms with van der Waals surface area (Å²) in [7, 11) is 0. The number of carbonyl (C=O) groups is 1. The standard InChI is InChI=1S/C33H35ClN6O3/c1-3-40-15-7-9-25(40)11-13-32(41)39-29-17-26-28(18-31(29)42-4-2)37-20-22(19-35)33(26)38-23-10-12-30(27(34)16-23)43-21-24-8-5-6-14-36-24/h5-6,8,10-14,16-18,20,25,29,31,38H,3-4,7,9,15,21H2,1-2H3,(H,39,41)/b13-11+. The number of anilines is 2. The van der Waals surface area contributed by atoms with Crippen molar-refractivity contribution in [2.45, 2.75) is 51.5 Å². The van der Waals surface area contributed by atoms with E-state index in [4.69, 9.17) is 21.1 Å². The third kappa shape index (κ3) is 7.41. The van der Waals surface area contributed by atoms with Gasteiger partial charge >= 0.3 is 0 Å². The van der Waals surface area contributed by atoms with E-state index < -0.39 is 12.1 Å². The van der Waals surface area contributed by atoms with Crippen LogP contribution in [0, 0.1) is 11.3 Å². The van der Waals surface area contributed by atoms with Crippen LogP contribution in [0.2, 0.25) is 5.02 Å². The fourth-order valence-electron chi connectivity index (χ4n) is 5.41. The molecular formula is C33H35ClN6O3. The van der Waals surface area contributed by atoms with Crippen molar-refractivity contribution in [3.63, 3.8) is 0 Å². The number of halogens is 1. The molecular weight excluding hydrogens is 564 g/mol. The highest BCUT2D eigenvalue weighted by Gasteiger charge is 2.25. The number of hydrogen-bond donors (Lipinski definition) is 2. The van der Waals surface area contributed by atoms with Crippen molar-refractivity contribution in [3.05, 3.63) is 87.8 Å². The molecule has 3 heterocycles. The number of nitriles is 1. The summed E-state index contributed by atoms with van der Waals surface area (Å²) in [6.07, 6.45) is 12.4. The number of aromatic nitrogens is 2. The number of benzene rings is 1. The predicted octanol–water partition coefficient (Wildman–Crippen LogP) is 3.83. The molecule has 1 aliphatic carbocycles. The molecule has 5 rings (SSSR count). The largest absolute Gasteiger partial charge is 0.486 e. The van der Waals surface area contributed by atoms with Gasteiger partial charge in [-0.05, 0) is 75.3 Å². The zero-order valence-electron chi connectivity index (χ0n) is 24.3. The fraction of sp³-hybridized carbons (Fsp3) is 0.333. The summed E-state index contributed by atoms with van der Waals surface area (Å²) in [5, 5.41) is 18.1. The maximum Gasteiger partial charge on any atom is 0.244 e. The average Bonchev–Trinajstić information content (AvgIpc) is 3.48. The molecule has 43 heavy (non-hydrogen) atoms. The molecule has 1 fully saturated rings. The summed E-state index contributed by atoms with van der Waals surface area (Å²) >= 11 is 6.56. The van der Waals surface area contributed by atoms with Gasteiger partial charge in [0.15, 0.2) is 0 Å². The average molecular weight is 599 g/mol. The van der Waals surface area contributed by atoms with Crippen molar-refractivity contribution in [2.24, 2.45) is 0 Å². The number of pyridine rings is 2. The third-order valence-corrected chi connectivity index (χ3v) is 7.85. The Bertz CT molecular complexity index is 1640. The molecule has 1 saturated heterocycles. The minimum Gasteiger partial charge on any atom is -0.486 e. The van der Waals surface area contributed by atoms with Crippen LogP contribution in [0.4, 0.5) is 11.4 Å². The van der Waals surface area contributed by atoms with E-state index in [-0.39, 0.29) is 18.6 Å². The van der Waals surface area contributed by atoms with Crippen molar-refractivity contribution >= 4 is 41.0 Å². The van der Waals surface area contributed by atoms with Gasteiger partial charge in [-0.25, -0.2) is 0 Å². The number of likely N-dealkylation sites (N-methyl/N-ethyl adjacent to an activating group) is 1. The lowest BCUT2D eigenvalue weighted by Crippen LogP contribution is -2.49. The van der Waals surface area contributed by atoms with Crippen LogP contribution in [0.1, 0.15) is 37.9 Å². The number of nitrogens with zero attached hydrogens (tertiary/aromatic N) is 4. The van der Waals surface area contributed by atoms with Crippen molar-refractivity contribution in [2.75, 3.05) is 25.0 Å². The number of fused-ring (bicyclic) bond motifs is 1. The van der Waals surface area contributed by atoms with Gasteiger partial charge < -0.3 is 20.1 Å². The first-order valence-electron chi connectivity index (χ1n) is 14.6. The van der Waals surface area contributed by atoms with Crippen LogP contribution in [-0.2, 0) is 16.1 Å². The second kappa shape index (κ2) is 14.3. The van der Waals surface area contributed by atoms with E-state index in [9.17, 15) is 10.1 Å². The van der Waals surface area contributed by atoms with Crippen LogP contribution in [0.5, 0.6) is 5.75 Å². The fourth-order valence-corrected chi connectivity index (χ4v) is 5.65. The number of carbonyl (C=O) groups excluding carboxylic acids is 1. The highest BCUT2D eigenvalue weighted by atomic mass is 35.5. The zero-order chi connectivity index (χ0) is 30.2. The lowest BCUT2D eigenvalue weighted by Gasteiger charge is -2.26. The van der Waals surface area contributed by atoms with E-state index in [0.29, 0.717) is 44.9 Å². The smallest absolute Gasteiger partial charge is 0.244 e. The Labute approximate surface area is 256 Å². The quantitative estimate of drug-likeness (QED) is 0.320. The molecule has 9 nitrogen and oxygen atoms in total. The Morgan fingerprint density at radius 3 is 2.86 bits per heavy atom. The van der Waals surface area contributed by atoms with Crippen LogP contribution in [0.15, 0.2) is 60.9 Å². The monoisotopic (exact) mass is 598 g/mol. The Morgan fingerprint density at radius 2 is 2.12 bits per heavy atom. The molecule has 222 valence electrons. The number of ether oxygens (including phenoxy) is 2. The van der Waals surface area contributed by atoms with Crippen LogP contribution in [0.25, 0.3) is 12.2 Å². The van der Waals surface area contributed by atoms with Gasteiger partial charge in [-0.3, -0.25) is 19.7 Å². The number of amides is 1. The van der Waals surface area contributed by atoms with Gasteiger partial charge in [-0.1, -0.05) is 30.7 Å². The molecule has 3 atom stereocenters. The molecule has 3 unspecified atom stereocenters. The van der Waals surface area contributed by atoms with Gasteiger partial charge in [-0.2, -0.15) is 5.26 Å². The Morgan fingerprint density at radius 1 is 1.23 bits per heavy atom. The second-order valence-electron chi connectivity index (χ2n) is 10.3. The zero-order valence-corrected chi connectivity index (χ0v) is 25.1. The molecule has 2 aliphatic rings. The van der Waals surface area contributed by atoms with Gasteiger partial charge in [0.25, 0.3) is 0 Å². The topological polar surface area (TPSA) is 112 Å². The van der Waals surface area contributed by atoms with E-state index >= 15 is 0 Å². The van der Waals surface area contributed by atoms with Crippen molar-refractivity contribution in [3.8, 4) is 11.8 Å². The summed E-state index contributed by atoms with van der Waals surface area (Å²) in [5.41, 5.74) is 2.38. The number of nitrogens with one attached hydrogen (secondary N) is 2. The lowest BCUT2D eigenvalue weighted by atomic mass is 10.0. The molecule has 1 amide bonds. The predicted molar refractivity (Wildman–Crippen MR) is 167 cm³/mol. The third-order valence-electron chi connectivity index (χ3n) is 7.55. The number of likely N-dealkylation sites (tertiary alicyclic amines) is 1. The summed E-state index contributed by atoms with van der Waals surface area (Å²) < 4.78 is 11.8. The Hall–Kier alpha value is -4.23. The van der Waals surface area contributed by atoms with Crippen LogP contribution in [0.3, 0.4) is 0 Å². The molecule has 1 aromatic carbocycles. The van der Waals surface area contributed by atoms with E-state index in [1.807, 2.05) is 49.4 Å². The second-order valence-corrected chi connectivity index (χ2v) is 10.7. The molecule has 3 aromatic rings. The summed E-state index contributed by atoms with van der Waals surface area (Å²) in [5.74, 6) is 0.322. The van der Waals surface area contributed by atoms with Gasteiger partial charge in [0, 0.05) is 42.0 Å². The summed E-state index contributed by atoms with van der Waals surface area (Å²) in [6.45, 7) is 6.82. The van der Waals surface area contributed by atoms with E-state index in [1.54, 1.807) is 24.4 Å². The minimum atomic E-state index is -0.460. The maximum absolute atomic E-state index is 13.0. The highest BCUT2D eigenvalue weighted by molar-refractivity contribution is 6.32. The van der Waals surface area contributed by atoms with Gasteiger partial charge in [0.2, 0.25) is 5.91 Å². The SMILES string of the molecule is CCOC1C=c2ncc(C#N)c(Nc3ccc(OCc4ccccn4)c(Cl)c3)c2=CC1NC(=O)/C=C/C1CCCN1CC. The number of rotatable bonds is 11. The first-order valence-corrected chi connectivity index (χ1v) is 14.9. The lowest BCUT2D eigenvalue weighted by molar-refractivity contribution is -0.117. The molecule has 0 radical (unpaired) electrons. The van der Waals surface area contributed by atoms with Gasteiger partial charge in [-0.15, -0.1) is 0 Å². The first-order chi connectivity index (χ1) is 21.0. The first kappa shape index (κ1) is 30.2. The van der Waals surface area contributed by atoms with Crippen molar-refractivity contribution < 1.29 is 14.3 Å². The molecule has 1 aliphatic heterocycles. The van der Waals surface area contributed by atoms with Crippen LogP contribution >= 0.6 is 11.6 Å². The highest BCUT2D eigenvalue weighted by Crippen LogP contribution is 2.30. The Balaban J connectivity index is 1.39. The van der Waals surface area contributed by atoms with E-state index in [0.717, 1.165) is 31.6 Å². The van der Waals surface area contributed by atoms with Crippen LogP contribution in [-0.4, -0.2) is 58.7 Å². The van der Waals surface area contributed by atoms with Crippen LogP contribution < -0.4 is 25.9 Å². The molecule has 2 N–H and O–H groups in total. The summed E-state index contributed by atoms with van der Waals surface area (Å²) in [6, 6.07) is 13.0. The van der Waals surface area contributed by atoms with Gasteiger partial charge in [0.05, 0.1) is 33.4 Å². The molecule has 10 heteroatoms. The normalized spacial score (nSPS) is 19.6. The molecule has 0 bridgehead atoms. The van der Waals surface area contributed by atoms with Crippen molar-refractivity contribution in [1.82, 2.24) is 20.2 Å². The van der Waals surface area contributed by atoms with E-state index in [1.165, 1.54) is 6.20 Å². The Kier molecular flexibility index (Phi) is 10.1.